The highest BCUT2D eigenvalue weighted by Crippen LogP contribution is 2.63. The molecule has 1 aliphatic carbocycles. The number of aromatic amines is 1. The number of imidazole rings is 1. The summed E-state index contributed by atoms with van der Waals surface area (Å²) in [5, 5.41) is 0. The minimum atomic E-state index is -0.131. The molecule has 2 heterocycles. The van der Waals surface area contributed by atoms with Crippen molar-refractivity contribution in [2.75, 3.05) is 0 Å². The second-order valence-electron chi connectivity index (χ2n) is 5.08. The van der Waals surface area contributed by atoms with Crippen molar-refractivity contribution in [1.29, 1.82) is 0 Å². The van der Waals surface area contributed by atoms with Crippen molar-refractivity contribution in [2.45, 2.75) is 20.4 Å². The summed E-state index contributed by atoms with van der Waals surface area (Å²) < 4.78 is 0. The third-order valence-electron chi connectivity index (χ3n) is 3.75. The molecule has 2 aliphatic rings. The van der Waals surface area contributed by atoms with Gasteiger partial charge in [0.2, 0.25) is 11.8 Å². The fourth-order valence-corrected chi connectivity index (χ4v) is 2.69. The van der Waals surface area contributed by atoms with Gasteiger partial charge in [0.15, 0.2) is 0 Å². The van der Waals surface area contributed by atoms with Crippen molar-refractivity contribution in [2.24, 2.45) is 17.3 Å². The number of carbonyl (C=O) groups excluding carboxylic acids is 2. The summed E-state index contributed by atoms with van der Waals surface area (Å²) in [6.07, 6.45) is 3.30. The first-order valence-corrected chi connectivity index (χ1v) is 5.37. The Morgan fingerprint density at radius 1 is 1.38 bits per heavy atom. The number of aromatic nitrogens is 2. The first-order valence-electron chi connectivity index (χ1n) is 5.37. The number of hydrogen-bond donors (Lipinski definition) is 1. The van der Waals surface area contributed by atoms with Crippen LogP contribution in [0.5, 0.6) is 0 Å². The molecule has 0 aromatic carbocycles. The van der Waals surface area contributed by atoms with Crippen LogP contribution in [0.1, 0.15) is 19.7 Å². The van der Waals surface area contributed by atoms with Crippen LogP contribution in [-0.2, 0) is 16.1 Å². The molecule has 16 heavy (non-hydrogen) atoms. The Bertz CT molecular complexity index is 440. The van der Waals surface area contributed by atoms with Gasteiger partial charge in [-0.2, -0.15) is 0 Å². The first-order chi connectivity index (χ1) is 7.53. The minimum absolute atomic E-state index is 0.0450. The Hall–Kier alpha value is -1.65. The molecule has 1 aliphatic heterocycles. The molecule has 2 atom stereocenters. The number of hydrogen-bond acceptors (Lipinski definition) is 3. The number of amides is 2. The molecule has 1 N–H and O–H groups in total. The van der Waals surface area contributed by atoms with Crippen molar-refractivity contribution in [3.63, 3.8) is 0 Å². The van der Waals surface area contributed by atoms with Crippen molar-refractivity contribution < 1.29 is 9.59 Å². The molecule has 1 aromatic heterocycles. The number of likely N-dealkylation sites (tertiary alicyclic amines) is 1. The highest BCUT2D eigenvalue weighted by atomic mass is 16.2. The summed E-state index contributed by atoms with van der Waals surface area (Å²) in [5.74, 6) is 0.360. The lowest BCUT2D eigenvalue weighted by Gasteiger charge is -2.19. The summed E-state index contributed by atoms with van der Waals surface area (Å²) in [4.78, 5) is 32.2. The van der Waals surface area contributed by atoms with Gasteiger partial charge in [0.05, 0.1) is 18.4 Å². The number of carbonyl (C=O) groups is 2. The van der Waals surface area contributed by atoms with Gasteiger partial charge in [-0.05, 0) is 5.41 Å². The average molecular weight is 219 g/mol. The van der Waals surface area contributed by atoms with E-state index >= 15 is 0 Å². The second-order valence-corrected chi connectivity index (χ2v) is 5.08. The molecule has 2 fully saturated rings. The van der Waals surface area contributed by atoms with E-state index in [2.05, 4.69) is 9.97 Å². The van der Waals surface area contributed by atoms with Crippen LogP contribution < -0.4 is 0 Å². The number of rotatable bonds is 2. The molecule has 5 heteroatoms. The number of nitrogens with zero attached hydrogens (tertiary/aromatic N) is 2. The quantitative estimate of drug-likeness (QED) is 0.739. The molecule has 1 aromatic rings. The number of H-pyrrole nitrogens is 1. The molecule has 2 unspecified atom stereocenters. The Morgan fingerprint density at radius 2 is 2.00 bits per heavy atom. The largest absolute Gasteiger partial charge is 0.347 e. The zero-order chi connectivity index (χ0) is 11.5. The molecule has 3 rings (SSSR count). The smallest absolute Gasteiger partial charge is 0.234 e. The standard InChI is InChI=1S/C11H13N3O2/c1-11(2)7-8(11)10(16)14(9(7)15)5-6-12-3-4-13-6/h3-4,7-8H,5H2,1-2H3,(H,12,13). The summed E-state index contributed by atoms with van der Waals surface area (Å²) in [7, 11) is 0. The van der Waals surface area contributed by atoms with E-state index in [-0.39, 0.29) is 35.6 Å². The third-order valence-corrected chi connectivity index (χ3v) is 3.75. The van der Waals surface area contributed by atoms with Crippen LogP contribution in [0.25, 0.3) is 0 Å². The predicted octanol–water partition coefficient (Wildman–Crippen LogP) is 0.551. The van der Waals surface area contributed by atoms with Gasteiger partial charge in [0.25, 0.3) is 0 Å². The molecular formula is C11H13N3O2. The van der Waals surface area contributed by atoms with Crippen LogP contribution in [0.15, 0.2) is 12.4 Å². The van der Waals surface area contributed by atoms with E-state index in [1.165, 1.54) is 4.90 Å². The molecule has 0 bridgehead atoms. The van der Waals surface area contributed by atoms with E-state index in [4.69, 9.17) is 0 Å². The van der Waals surface area contributed by atoms with Gasteiger partial charge in [-0.15, -0.1) is 0 Å². The van der Waals surface area contributed by atoms with Gasteiger partial charge in [0, 0.05) is 12.4 Å². The van der Waals surface area contributed by atoms with Crippen molar-refractivity contribution in [1.82, 2.24) is 14.9 Å². The summed E-state index contributed by atoms with van der Waals surface area (Å²) >= 11 is 0. The Kier molecular flexibility index (Phi) is 1.63. The lowest BCUT2D eigenvalue weighted by molar-refractivity contribution is -0.143. The molecule has 5 nitrogen and oxygen atoms in total. The SMILES string of the molecule is CC1(C)C2C(=O)N(Cc3ncc[nH]3)C(=O)C21. The second kappa shape index (κ2) is 2.72. The van der Waals surface area contributed by atoms with Gasteiger partial charge in [-0.25, -0.2) is 4.98 Å². The highest BCUT2D eigenvalue weighted by Gasteiger charge is 2.72. The van der Waals surface area contributed by atoms with E-state index in [1.807, 2.05) is 13.8 Å². The van der Waals surface area contributed by atoms with Crippen LogP contribution >= 0.6 is 0 Å². The van der Waals surface area contributed by atoms with Crippen molar-refractivity contribution in [3.8, 4) is 0 Å². The minimum Gasteiger partial charge on any atom is -0.347 e. The van der Waals surface area contributed by atoms with E-state index in [0.717, 1.165) is 0 Å². The molecule has 0 spiro atoms. The van der Waals surface area contributed by atoms with E-state index < -0.39 is 0 Å². The Morgan fingerprint density at radius 3 is 2.50 bits per heavy atom. The molecular weight excluding hydrogens is 206 g/mol. The van der Waals surface area contributed by atoms with Crippen LogP contribution in [0, 0.1) is 17.3 Å². The molecule has 84 valence electrons. The highest BCUT2D eigenvalue weighted by molar-refractivity contribution is 6.10. The molecule has 1 saturated heterocycles. The van der Waals surface area contributed by atoms with E-state index in [9.17, 15) is 9.59 Å². The van der Waals surface area contributed by atoms with Crippen LogP contribution in [0.2, 0.25) is 0 Å². The Labute approximate surface area is 92.9 Å². The fraction of sp³-hybridized carbons (Fsp3) is 0.545. The zero-order valence-electron chi connectivity index (χ0n) is 9.23. The van der Waals surface area contributed by atoms with E-state index in [0.29, 0.717) is 5.82 Å². The molecule has 1 saturated carbocycles. The predicted molar refractivity (Wildman–Crippen MR) is 54.9 cm³/mol. The first kappa shape index (κ1) is 9.57. The molecule has 2 amide bonds. The number of nitrogens with one attached hydrogen (secondary N) is 1. The fourth-order valence-electron chi connectivity index (χ4n) is 2.69. The van der Waals surface area contributed by atoms with E-state index in [1.54, 1.807) is 12.4 Å². The van der Waals surface area contributed by atoms with Gasteiger partial charge in [0.1, 0.15) is 5.82 Å². The lowest BCUT2D eigenvalue weighted by Crippen LogP contribution is -2.35. The third kappa shape index (κ3) is 1.03. The Balaban J connectivity index is 1.81. The van der Waals surface area contributed by atoms with Crippen molar-refractivity contribution in [3.05, 3.63) is 18.2 Å². The van der Waals surface area contributed by atoms with Gasteiger partial charge < -0.3 is 4.98 Å². The van der Waals surface area contributed by atoms with Gasteiger partial charge in [-0.3, -0.25) is 14.5 Å². The summed E-state index contributed by atoms with van der Waals surface area (Å²) in [6, 6.07) is 0. The maximum Gasteiger partial charge on any atom is 0.234 e. The zero-order valence-corrected chi connectivity index (χ0v) is 9.23. The summed E-state index contributed by atoms with van der Waals surface area (Å²) in [6.45, 7) is 4.22. The molecule has 0 radical (unpaired) electrons. The van der Waals surface area contributed by atoms with Gasteiger partial charge >= 0.3 is 0 Å². The summed E-state index contributed by atoms with van der Waals surface area (Å²) in [5.41, 5.74) is -0.131. The normalized spacial score (nSPS) is 30.8. The maximum atomic E-state index is 12.0. The van der Waals surface area contributed by atoms with Crippen LogP contribution in [0.4, 0.5) is 0 Å². The monoisotopic (exact) mass is 219 g/mol. The number of piperidine rings is 1. The number of fused-ring (bicyclic) bond motifs is 1. The average Bonchev–Trinajstić information content (AvgIpc) is 2.59. The van der Waals surface area contributed by atoms with Crippen LogP contribution in [0.3, 0.4) is 0 Å². The van der Waals surface area contributed by atoms with Crippen molar-refractivity contribution >= 4 is 11.8 Å². The number of imide groups is 1. The van der Waals surface area contributed by atoms with Gasteiger partial charge in [-0.1, -0.05) is 13.8 Å². The van der Waals surface area contributed by atoms with Crippen LogP contribution in [-0.4, -0.2) is 26.7 Å². The lowest BCUT2D eigenvalue weighted by atomic mass is 10.1. The topological polar surface area (TPSA) is 66.1 Å². The maximum absolute atomic E-state index is 12.0.